The van der Waals surface area contributed by atoms with Gasteiger partial charge in [-0.3, -0.25) is 9.78 Å². The molecule has 0 aliphatic heterocycles. The van der Waals surface area contributed by atoms with Gasteiger partial charge in [-0.05, 0) is 55.4 Å². The summed E-state index contributed by atoms with van der Waals surface area (Å²) >= 11 is 0. The molecular formula is C28H30N4O2. The van der Waals surface area contributed by atoms with Gasteiger partial charge in [-0.15, -0.1) is 0 Å². The van der Waals surface area contributed by atoms with Crippen molar-refractivity contribution in [2.75, 3.05) is 6.61 Å². The Kier molecular flexibility index (Phi) is 5.82. The molecule has 1 aliphatic carbocycles. The van der Waals surface area contributed by atoms with Crippen molar-refractivity contribution in [3.8, 4) is 22.6 Å². The van der Waals surface area contributed by atoms with Gasteiger partial charge in [0.05, 0.1) is 30.1 Å². The predicted octanol–water partition coefficient (Wildman–Crippen LogP) is 5.68. The number of hydrogen-bond acceptors (Lipinski definition) is 4. The first-order valence-corrected chi connectivity index (χ1v) is 11.9. The molecule has 34 heavy (non-hydrogen) atoms. The molecule has 0 fully saturated rings. The predicted molar refractivity (Wildman–Crippen MR) is 133 cm³/mol. The quantitative estimate of drug-likeness (QED) is 0.381. The van der Waals surface area contributed by atoms with Crippen LogP contribution in [-0.2, 0) is 24.1 Å². The molecule has 0 unspecified atom stereocenters. The van der Waals surface area contributed by atoms with E-state index in [1.165, 1.54) is 16.8 Å². The van der Waals surface area contributed by atoms with E-state index in [1.807, 2.05) is 18.2 Å². The van der Waals surface area contributed by atoms with Gasteiger partial charge in [0.2, 0.25) is 0 Å². The number of benzene rings is 2. The maximum absolute atomic E-state index is 11.9. The molecule has 5 rings (SSSR count). The first-order valence-electron chi connectivity index (χ1n) is 11.9. The number of esters is 1. The second-order valence-electron chi connectivity index (χ2n) is 9.72. The van der Waals surface area contributed by atoms with E-state index >= 15 is 0 Å². The topological polar surface area (TPSA) is 72.8 Å². The highest BCUT2D eigenvalue weighted by molar-refractivity contribution is 5.90. The van der Waals surface area contributed by atoms with Crippen molar-refractivity contribution in [3.63, 3.8) is 0 Å². The summed E-state index contributed by atoms with van der Waals surface area (Å²) in [5.74, 6) is -0.310. The zero-order valence-corrected chi connectivity index (χ0v) is 20.0. The van der Waals surface area contributed by atoms with Gasteiger partial charge in [0.1, 0.15) is 5.69 Å². The molecule has 2 aromatic carbocycles. The lowest BCUT2D eigenvalue weighted by atomic mass is 9.76. The Bertz CT molecular complexity index is 1300. The molecule has 0 saturated heterocycles. The highest BCUT2D eigenvalue weighted by Crippen LogP contribution is 2.39. The fourth-order valence-electron chi connectivity index (χ4n) is 4.69. The number of nitrogens with zero attached hydrogens (tertiary/aromatic N) is 3. The first-order chi connectivity index (χ1) is 16.4. The maximum atomic E-state index is 11.9. The van der Waals surface area contributed by atoms with Gasteiger partial charge in [0, 0.05) is 16.8 Å². The van der Waals surface area contributed by atoms with Crippen LogP contribution < -0.4 is 0 Å². The Morgan fingerprint density at radius 1 is 1.12 bits per heavy atom. The molecule has 2 aromatic heterocycles. The van der Waals surface area contributed by atoms with Crippen molar-refractivity contribution in [1.29, 1.82) is 0 Å². The third kappa shape index (κ3) is 4.40. The number of carbonyl (C=O) groups excluding carboxylic acids is 1. The number of aromatic amines is 1. The summed E-state index contributed by atoms with van der Waals surface area (Å²) in [7, 11) is 0. The second kappa shape index (κ2) is 8.93. The van der Waals surface area contributed by atoms with E-state index in [1.54, 1.807) is 19.1 Å². The molecule has 174 valence electrons. The third-order valence-corrected chi connectivity index (χ3v) is 6.56. The van der Waals surface area contributed by atoms with Crippen LogP contribution in [-0.4, -0.2) is 32.6 Å². The first kappa shape index (κ1) is 22.1. The Morgan fingerprint density at radius 2 is 1.88 bits per heavy atom. The van der Waals surface area contributed by atoms with Gasteiger partial charge in [0.15, 0.2) is 0 Å². The summed E-state index contributed by atoms with van der Waals surface area (Å²) in [6.07, 6.45) is 3.16. The van der Waals surface area contributed by atoms with Gasteiger partial charge in [-0.1, -0.05) is 56.3 Å². The van der Waals surface area contributed by atoms with Crippen LogP contribution in [0.2, 0.25) is 0 Å². The molecule has 1 aliphatic rings. The third-order valence-electron chi connectivity index (χ3n) is 6.56. The van der Waals surface area contributed by atoms with E-state index in [2.05, 4.69) is 59.1 Å². The number of nitrogens with one attached hydrogen (secondary N) is 1. The number of aromatic nitrogens is 4. The van der Waals surface area contributed by atoms with Crippen LogP contribution in [0.3, 0.4) is 0 Å². The van der Waals surface area contributed by atoms with Crippen LogP contribution in [0, 0.1) is 5.41 Å². The van der Waals surface area contributed by atoms with Crippen LogP contribution >= 0.6 is 0 Å². The molecule has 2 heterocycles. The monoisotopic (exact) mass is 454 g/mol. The number of fused-ring (bicyclic) bond motifs is 1. The minimum atomic E-state index is -0.310. The van der Waals surface area contributed by atoms with Crippen molar-refractivity contribution in [1.82, 2.24) is 20.0 Å². The van der Waals surface area contributed by atoms with Gasteiger partial charge in [-0.25, -0.2) is 4.79 Å². The molecule has 0 atom stereocenters. The summed E-state index contributed by atoms with van der Waals surface area (Å²) in [6, 6.07) is 19.9. The van der Waals surface area contributed by atoms with Crippen molar-refractivity contribution in [2.24, 2.45) is 5.41 Å². The number of carbonyl (C=O) groups is 1. The average Bonchev–Trinajstić information content (AvgIpc) is 3.45. The molecule has 1 N–H and O–H groups in total. The molecule has 0 spiro atoms. The van der Waals surface area contributed by atoms with E-state index in [-0.39, 0.29) is 11.4 Å². The van der Waals surface area contributed by atoms with Crippen molar-refractivity contribution in [3.05, 3.63) is 83.0 Å². The normalized spacial score (nSPS) is 14.6. The molecule has 0 amide bonds. The van der Waals surface area contributed by atoms with Crippen molar-refractivity contribution in [2.45, 2.75) is 46.6 Å². The lowest BCUT2D eigenvalue weighted by Crippen LogP contribution is -2.24. The van der Waals surface area contributed by atoms with Crippen LogP contribution in [0.1, 0.15) is 54.4 Å². The summed E-state index contributed by atoms with van der Waals surface area (Å²) in [5.41, 5.74) is 8.37. The molecule has 4 aromatic rings. The summed E-state index contributed by atoms with van der Waals surface area (Å²) in [6.45, 7) is 7.60. The van der Waals surface area contributed by atoms with Crippen LogP contribution in [0.4, 0.5) is 0 Å². The van der Waals surface area contributed by atoms with Crippen LogP contribution in [0.5, 0.6) is 0 Å². The van der Waals surface area contributed by atoms with E-state index in [9.17, 15) is 4.79 Å². The molecule has 6 nitrogen and oxygen atoms in total. The van der Waals surface area contributed by atoms with Crippen LogP contribution in [0.25, 0.3) is 22.6 Å². The largest absolute Gasteiger partial charge is 0.462 e. The van der Waals surface area contributed by atoms with E-state index < -0.39 is 0 Å². The maximum Gasteiger partial charge on any atom is 0.338 e. The van der Waals surface area contributed by atoms with E-state index in [4.69, 9.17) is 9.84 Å². The molecule has 0 saturated carbocycles. The minimum Gasteiger partial charge on any atom is -0.462 e. The van der Waals surface area contributed by atoms with Crippen molar-refractivity contribution >= 4 is 5.97 Å². The Balaban J connectivity index is 1.47. The zero-order chi connectivity index (χ0) is 23.7. The van der Waals surface area contributed by atoms with Gasteiger partial charge < -0.3 is 4.74 Å². The number of ether oxygens (including phenoxy) is 1. The van der Waals surface area contributed by atoms with E-state index in [0.717, 1.165) is 48.5 Å². The standard InChI is InChI=1S/C28H30N4O2/c1-4-34-27(33)21-12-10-20(11-13-21)23-16-24(30-29-23)26-22-14-15-28(2,3)17-25(22)32(31-26)18-19-8-6-5-7-9-19/h5-13,16H,4,14-15,17-18H2,1-3H3,(H,29,30). The highest BCUT2D eigenvalue weighted by atomic mass is 16.5. The van der Waals surface area contributed by atoms with Gasteiger partial charge in [0.25, 0.3) is 0 Å². The molecule has 0 radical (unpaired) electrons. The Labute approximate surface area is 200 Å². The zero-order valence-electron chi connectivity index (χ0n) is 20.0. The Hall–Kier alpha value is -3.67. The van der Waals surface area contributed by atoms with Crippen molar-refractivity contribution < 1.29 is 9.53 Å². The summed E-state index contributed by atoms with van der Waals surface area (Å²) in [5, 5.41) is 12.8. The fraction of sp³-hybridized carbons (Fsp3) is 0.321. The number of rotatable bonds is 6. The number of H-pyrrole nitrogens is 1. The molecule has 6 heteroatoms. The Morgan fingerprint density at radius 3 is 2.62 bits per heavy atom. The highest BCUT2D eigenvalue weighted by Gasteiger charge is 2.31. The summed E-state index contributed by atoms with van der Waals surface area (Å²) in [4.78, 5) is 11.9. The SMILES string of the molecule is CCOC(=O)c1ccc(-c2cc(-c3nn(Cc4ccccc4)c4c3CCC(C)(C)C4)[nH]n2)cc1. The second-order valence-corrected chi connectivity index (χ2v) is 9.72. The molecule has 0 bridgehead atoms. The molecular weight excluding hydrogens is 424 g/mol. The van der Waals surface area contributed by atoms with Gasteiger partial charge in [-0.2, -0.15) is 10.2 Å². The smallest absolute Gasteiger partial charge is 0.338 e. The summed E-state index contributed by atoms with van der Waals surface area (Å²) < 4.78 is 7.25. The average molecular weight is 455 g/mol. The van der Waals surface area contributed by atoms with Crippen LogP contribution in [0.15, 0.2) is 60.7 Å². The minimum absolute atomic E-state index is 0.262. The fourth-order valence-corrected chi connectivity index (χ4v) is 4.69. The lowest BCUT2D eigenvalue weighted by Gasteiger charge is -2.30. The van der Waals surface area contributed by atoms with E-state index in [0.29, 0.717) is 12.2 Å². The van der Waals surface area contributed by atoms with Gasteiger partial charge >= 0.3 is 5.97 Å². The lowest BCUT2D eigenvalue weighted by molar-refractivity contribution is 0.0526. The number of hydrogen-bond donors (Lipinski definition) is 1.